The Bertz CT molecular complexity index is 900. The minimum Gasteiger partial charge on any atom is -0.495 e. The van der Waals surface area contributed by atoms with Gasteiger partial charge in [-0.3, -0.25) is 10.1 Å². The number of nitro groups is 1. The summed E-state index contributed by atoms with van der Waals surface area (Å²) in [5, 5.41) is 10.9. The Morgan fingerprint density at radius 2 is 1.76 bits per heavy atom. The van der Waals surface area contributed by atoms with Gasteiger partial charge in [0, 0.05) is 12.1 Å². The molecule has 7 nitrogen and oxygen atoms in total. The van der Waals surface area contributed by atoms with Crippen molar-refractivity contribution >= 4 is 15.8 Å². The van der Waals surface area contributed by atoms with Crippen LogP contribution >= 0.6 is 0 Å². The predicted octanol–water partition coefficient (Wildman–Crippen LogP) is 3.67. The largest absolute Gasteiger partial charge is 0.495 e. The third kappa shape index (κ3) is 4.27. The minimum atomic E-state index is -4.30. The zero-order valence-electron chi connectivity index (χ0n) is 14.3. The van der Waals surface area contributed by atoms with E-state index in [1.54, 1.807) is 12.1 Å². The van der Waals surface area contributed by atoms with Gasteiger partial charge in [0.1, 0.15) is 11.5 Å². The smallest absolute Gasteiger partial charge is 0.343 e. The van der Waals surface area contributed by atoms with E-state index in [-0.39, 0.29) is 22.6 Å². The van der Waals surface area contributed by atoms with Crippen molar-refractivity contribution in [1.82, 2.24) is 0 Å². The van der Waals surface area contributed by atoms with Crippen molar-refractivity contribution in [2.75, 3.05) is 7.11 Å². The Hall–Kier alpha value is -2.61. The van der Waals surface area contributed by atoms with E-state index in [1.165, 1.54) is 19.2 Å². The second-order valence-corrected chi connectivity index (χ2v) is 7.92. The molecule has 0 aliphatic carbocycles. The number of benzene rings is 2. The molecule has 8 heteroatoms. The van der Waals surface area contributed by atoms with Crippen LogP contribution in [0.1, 0.15) is 26.3 Å². The SMILES string of the molecule is COc1ccc([N+](=O)[O-])cc1S(=O)(=O)Oc1cccc(C(C)(C)C)c1. The number of ether oxygens (including phenoxy) is 1. The van der Waals surface area contributed by atoms with Crippen molar-refractivity contribution in [3.8, 4) is 11.5 Å². The van der Waals surface area contributed by atoms with Crippen molar-refractivity contribution in [1.29, 1.82) is 0 Å². The molecule has 0 atom stereocenters. The first-order valence-corrected chi connectivity index (χ1v) is 8.83. The minimum absolute atomic E-state index is 0.0300. The van der Waals surface area contributed by atoms with Gasteiger partial charge in [-0.1, -0.05) is 32.9 Å². The molecule has 25 heavy (non-hydrogen) atoms. The maximum absolute atomic E-state index is 12.6. The van der Waals surface area contributed by atoms with Crippen LogP contribution < -0.4 is 8.92 Å². The van der Waals surface area contributed by atoms with Crippen LogP contribution in [0.25, 0.3) is 0 Å². The summed E-state index contributed by atoms with van der Waals surface area (Å²) in [6.07, 6.45) is 0. The van der Waals surface area contributed by atoms with Gasteiger partial charge in [-0.2, -0.15) is 8.42 Å². The number of hydrogen-bond donors (Lipinski definition) is 0. The second kappa shape index (κ2) is 6.72. The lowest BCUT2D eigenvalue weighted by molar-refractivity contribution is -0.385. The molecule has 0 spiro atoms. The standard InChI is InChI=1S/C17H19NO6S/c1-17(2,3)12-6-5-7-14(10-12)24-25(21,22)16-11-13(18(19)20)8-9-15(16)23-4/h5-11H,1-4H3. The summed E-state index contributed by atoms with van der Waals surface area (Å²) >= 11 is 0. The van der Waals surface area contributed by atoms with E-state index in [0.29, 0.717) is 0 Å². The first-order chi connectivity index (χ1) is 11.5. The van der Waals surface area contributed by atoms with E-state index >= 15 is 0 Å². The molecule has 0 heterocycles. The molecular formula is C17H19NO6S. The number of rotatable bonds is 5. The number of nitro benzene ring substituents is 1. The normalized spacial score (nSPS) is 11.8. The third-order valence-corrected chi connectivity index (χ3v) is 4.80. The number of hydrogen-bond acceptors (Lipinski definition) is 6. The molecule has 0 bridgehead atoms. The topological polar surface area (TPSA) is 95.7 Å². The summed E-state index contributed by atoms with van der Waals surface area (Å²) in [6, 6.07) is 10.0. The average Bonchev–Trinajstić information content (AvgIpc) is 2.53. The number of nitrogens with zero attached hydrogens (tertiary/aromatic N) is 1. The quantitative estimate of drug-likeness (QED) is 0.456. The molecular weight excluding hydrogens is 346 g/mol. The van der Waals surface area contributed by atoms with Crippen molar-refractivity contribution in [3.05, 3.63) is 58.1 Å². The number of non-ortho nitro benzene ring substituents is 1. The summed E-state index contributed by atoms with van der Waals surface area (Å²) in [5.41, 5.74) is 0.337. The molecule has 0 aromatic heterocycles. The van der Waals surface area contributed by atoms with Crippen LogP contribution in [0, 0.1) is 10.1 Å². The van der Waals surface area contributed by atoms with Gasteiger partial charge in [0.15, 0.2) is 4.90 Å². The summed E-state index contributed by atoms with van der Waals surface area (Å²) in [7, 11) is -3.03. The highest BCUT2D eigenvalue weighted by Crippen LogP contribution is 2.32. The van der Waals surface area contributed by atoms with Gasteiger partial charge < -0.3 is 8.92 Å². The van der Waals surface area contributed by atoms with Crippen LogP contribution in [0.4, 0.5) is 5.69 Å². The van der Waals surface area contributed by atoms with Crippen LogP contribution in [0.5, 0.6) is 11.5 Å². The molecule has 0 unspecified atom stereocenters. The zero-order chi connectivity index (χ0) is 18.8. The van der Waals surface area contributed by atoms with Crippen LogP contribution in [-0.4, -0.2) is 20.5 Å². The fourth-order valence-electron chi connectivity index (χ4n) is 2.16. The van der Waals surface area contributed by atoms with E-state index in [9.17, 15) is 18.5 Å². The van der Waals surface area contributed by atoms with E-state index in [4.69, 9.17) is 8.92 Å². The lowest BCUT2D eigenvalue weighted by Gasteiger charge is -2.19. The summed E-state index contributed by atoms with van der Waals surface area (Å²) in [5.74, 6) is 0.0959. The van der Waals surface area contributed by atoms with E-state index < -0.39 is 19.9 Å². The second-order valence-electron chi connectivity index (χ2n) is 6.41. The lowest BCUT2D eigenvalue weighted by atomic mass is 9.87. The Kier molecular flexibility index (Phi) is 5.03. The lowest BCUT2D eigenvalue weighted by Crippen LogP contribution is -2.14. The molecule has 0 aliphatic heterocycles. The monoisotopic (exact) mass is 365 g/mol. The highest BCUT2D eigenvalue weighted by molar-refractivity contribution is 7.87. The summed E-state index contributed by atoms with van der Waals surface area (Å²) in [4.78, 5) is 9.84. The maximum atomic E-state index is 12.6. The Morgan fingerprint density at radius 1 is 1.08 bits per heavy atom. The van der Waals surface area contributed by atoms with Gasteiger partial charge in [-0.15, -0.1) is 0 Å². The highest BCUT2D eigenvalue weighted by atomic mass is 32.2. The van der Waals surface area contributed by atoms with E-state index in [2.05, 4.69) is 0 Å². The Morgan fingerprint density at radius 3 is 2.32 bits per heavy atom. The molecule has 0 radical (unpaired) electrons. The Labute approximate surface area is 146 Å². The van der Waals surface area contributed by atoms with Gasteiger partial charge in [0.05, 0.1) is 12.0 Å². The van der Waals surface area contributed by atoms with Crippen molar-refractivity contribution < 1.29 is 22.3 Å². The predicted molar refractivity (Wildman–Crippen MR) is 92.6 cm³/mol. The van der Waals surface area contributed by atoms with Crippen LogP contribution in [-0.2, 0) is 15.5 Å². The summed E-state index contributed by atoms with van der Waals surface area (Å²) < 4.78 is 35.4. The highest BCUT2D eigenvalue weighted by Gasteiger charge is 2.26. The third-order valence-electron chi connectivity index (χ3n) is 3.53. The molecule has 0 saturated carbocycles. The van der Waals surface area contributed by atoms with Gasteiger partial charge in [0.2, 0.25) is 0 Å². The number of methoxy groups -OCH3 is 1. The van der Waals surface area contributed by atoms with Crippen LogP contribution in [0.2, 0.25) is 0 Å². The Balaban J connectivity index is 2.46. The average molecular weight is 365 g/mol. The molecule has 134 valence electrons. The van der Waals surface area contributed by atoms with Crippen molar-refractivity contribution in [2.45, 2.75) is 31.1 Å². The molecule has 0 N–H and O–H groups in total. The fraction of sp³-hybridized carbons (Fsp3) is 0.294. The van der Waals surface area contributed by atoms with Crippen molar-refractivity contribution in [3.63, 3.8) is 0 Å². The zero-order valence-corrected chi connectivity index (χ0v) is 15.2. The molecule has 0 saturated heterocycles. The summed E-state index contributed by atoms with van der Waals surface area (Å²) in [6.45, 7) is 5.97. The van der Waals surface area contributed by atoms with Gasteiger partial charge in [0.25, 0.3) is 5.69 Å². The first kappa shape index (κ1) is 18.7. The maximum Gasteiger partial charge on any atom is 0.343 e. The molecule has 0 fully saturated rings. The van der Waals surface area contributed by atoms with E-state index in [0.717, 1.165) is 17.7 Å². The molecule has 2 rings (SSSR count). The fourth-order valence-corrected chi connectivity index (χ4v) is 3.27. The molecule has 2 aromatic carbocycles. The molecule has 0 aliphatic rings. The molecule has 2 aromatic rings. The van der Waals surface area contributed by atoms with Gasteiger partial charge in [-0.25, -0.2) is 0 Å². The van der Waals surface area contributed by atoms with Crippen LogP contribution in [0.3, 0.4) is 0 Å². The molecule has 0 amide bonds. The first-order valence-electron chi connectivity index (χ1n) is 7.42. The van der Waals surface area contributed by atoms with Gasteiger partial charge in [-0.05, 0) is 29.2 Å². The van der Waals surface area contributed by atoms with Gasteiger partial charge >= 0.3 is 10.1 Å². The van der Waals surface area contributed by atoms with Crippen molar-refractivity contribution in [2.24, 2.45) is 0 Å². The van der Waals surface area contributed by atoms with Crippen LogP contribution in [0.15, 0.2) is 47.4 Å². The van der Waals surface area contributed by atoms with E-state index in [1.807, 2.05) is 26.8 Å².